The summed E-state index contributed by atoms with van der Waals surface area (Å²) in [7, 11) is 0. The molecule has 2 aromatic rings. The molecular formula is C24H27F3. The van der Waals surface area contributed by atoms with Gasteiger partial charge < -0.3 is 0 Å². The summed E-state index contributed by atoms with van der Waals surface area (Å²) >= 11 is 0. The maximum absolute atomic E-state index is 13.4. The molecule has 1 aliphatic rings. The molecule has 0 spiro atoms. The van der Waals surface area contributed by atoms with Crippen molar-refractivity contribution in [3.63, 3.8) is 0 Å². The Balaban J connectivity index is 1.69. The first-order valence-electron chi connectivity index (χ1n) is 9.91. The maximum atomic E-state index is 13.4. The summed E-state index contributed by atoms with van der Waals surface area (Å²) < 4.78 is 40.0. The van der Waals surface area contributed by atoms with E-state index in [1.807, 2.05) is 18.2 Å². The van der Waals surface area contributed by atoms with Gasteiger partial charge in [-0.3, -0.25) is 0 Å². The molecule has 0 bridgehead atoms. The monoisotopic (exact) mass is 372 g/mol. The van der Waals surface area contributed by atoms with Crippen molar-refractivity contribution in [1.29, 1.82) is 0 Å². The van der Waals surface area contributed by atoms with E-state index in [0.29, 0.717) is 17.1 Å². The fourth-order valence-electron chi connectivity index (χ4n) is 4.17. The lowest BCUT2D eigenvalue weighted by Gasteiger charge is -2.28. The Hall–Kier alpha value is -2.03. The Labute approximate surface area is 160 Å². The smallest absolute Gasteiger partial charge is 0.194 e. The van der Waals surface area contributed by atoms with Crippen LogP contribution in [0.25, 0.3) is 11.6 Å². The van der Waals surface area contributed by atoms with Crippen molar-refractivity contribution >= 4 is 11.6 Å². The van der Waals surface area contributed by atoms with Crippen LogP contribution in [0.3, 0.4) is 0 Å². The number of allylic oxidation sites excluding steroid dienone is 1. The van der Waals surface area contributed by atoms with Gasteiger partial charge in [0.1, 0.15) is 0 Å². The molecular weight excluding hydrogens is 345 g/mol. The first kappa shape index (κ1) is 19.7. The fourth-order valence-corrected chi connectivity index (χ4v) is 4.17. The van der Waals surface area contributed by atoms with Gasteiger partial charge in [-0.1, -0.05) is 50.1 Å². The van der Waals surface area contributed by atoms with Crippen LogP contribution in [0, 0.1) is 23.4 Å². The van der Waals surface area contributed by atoms with Crippen LogP contribution < -0.4 is 0 Å². The van der Waals surface area contributed by atoms with Gasteiger partial charge in [-0.25, -0.2) is 13.2 Å². The average molecular weight is 372 g/mol. The van der Waals surface area contributed by atoms with Crippen molar-refractivity contribution in [2.24, 2.45) is 5.92 Å². The zero-order valence-corrected chi connectivity index (χ0v) is 16.1. The van der Waals surface area contributed by atoms with Gasteiger partial charge >= 0.3 is 0 Å². The molecule has 0 unspecified atom stereocenters. The Morgan fingerprint density at radius 1 is 0.963 bits per heavy atom. The molecule has 2 aromatic carbocycles. The van der Waals surface area contributed by atoms with Gasteiger partial charge in [-0.05, 0) is 78.8 Å². The average Bonchev–Trinajstić information content (AvgIpc) is 2.67. The number of halogens is 3. The van der Waals surface area contributed by atoms with Crippen LogP contribution >= 0.6 is 0 Å². The quantitative estimate of drug-likeness (QED) is 0.372. The Bertz CT molecular complexity index is 774. The minimum atomic E-state index is -1.43. The maximum Gasteiger partial charge on any atom is 0.194 e. The van der Waals surface area contributed by atoms with Crippen molar-refractivity contribution < 1.29 is 13.2 Å². The summed E-state index contributed by atoms with van der Waals surface area (Å²) in [4.78, 5) is 0. The minimum absolute atomic E-state index is 0.352. The van der Waals surface area contributed by atoms with Gasteiger partial charge in [-0.15, -0.1) is 0 Å². The molecule has 0 heterocycles. The summed E-state index contributed by atoms with van der Waals surface area (Å²) in [6.45, 7) is 4.03. The normalized spacial score (nSPS) is 20.7. The molecule has 0 nitrogen and oxygen atoms in total. The highest BCUT2D eigenvalue weighted by Gasteiger charge is 2.21. The van der Waals surface area contributed by atoms with E-state index in [4.69, 9.17) is 0 Å². The molecule has 0 radical (unpaired) electrons. The highest BCUT2D eigenvalue weighted by atomic mass is 19.2. The second kappa shape index (κ2) is 8.77. The van der Waals surface area contributed by atoms with Gasteiger partial charge in [0.15, 0.2) is 17.5 Å². The molecule has 27 heavy (non-hydrogen) atoms. The number of benzene rings is 2. The largest absolute Gasteiger partial charge is 0.204 e. The van der Waals surface area contributed by atoms with Crippen molar-refractivity contribution in [2.45, 2.75) is 58.3 Å². The molecule has 3 heteroatoms. The third-order valence-corrected chi connectivity index (χ3v) is 5.77. The third-order valence-electron chi connectivity index (χ3n) is 5.77. The van der Waals surface area contributed by atoms with Crippen molar-refractivity contribution in [3.05, 3.63) is 70.5 Å². The van der Waals surface area contributed by atoms with E-state index in [1.165, 1.54) is 44.1 Å². The molecule has 0 amide bonds. The molecule has 1 saturated carbocycles. The molecule has 1 aliphatic carbocycles. The summed E-state index contributed by atoms with van der Waals surface area (Å²) in [6.07, 6.45) is 9.65. The zero-order chi connectivity index (χ0) is 19.4. The highest BCUT2D eigenvalue weighted by Crippen LogP contribution is 2.37. The van der Waals surface area contributed by atoms with Crippen LogP contribution in [0.2, 0.25) is 0 Å². The molecule has 0 atom stereocenters. The van der Waals surface area contributed by atoms with Gasteiger partial charge in [0.05, 0.1) is 0 Å². The van der Waals surface area contributed by atoms with E-state index in [1.54, 1.807) is 6.92 Å². The van der Waals surface area contributed by atoms with E-state index in [2.05, 4.69) is 19.1 Å². The van der Waals surface area contributed by atoms with E-state index < -0.39 is 17.5 Å². The second-order valence-corrected chi connectivity index (χ2v) is 7.75. The van der Waals surface area contributed by atoms with Crippen LogP contribution in [0.4, 0.5) is 13.2 Å². The summed E-state index contributed by atoms with van der Waals surface area (Å²) in [6, 6.07) is 10.5. The van der Waals surface area contributed by atoms with E-state index in [-0.39, 0.29) is 0 Å². The van der Waals surface area contributed by atoms with Crippen LogP contribution in [0.5, 0.6) is 0 Å². The zero-order valence-electron chi connectivity index (χ0n) is 16.1. The summed E-state index contributed by atoms with van der Waals surface area (Å²) in [5, 5.41) is 0. The van der Waals surface area contributed by atoms with E-state index in [9.17, 15) is 13.2 Å². The lowest BCUT2D eigenvalue weighted by Crippen LogP contribution is -2.13. The lowest BCUT2D eigenvalue weighted by atomic mass is 9.77. The molecule has 0 aliphatic heterocycles. The fraction of sp³-hybridized carbons (Fsp3) is 0.417. The van der Waals surface area contributed by atoms with Gasteiger partial charge in [0.25, 0.3) is 0 Å². The van der Waals surface area contributed by atoms with Crippen molar-refractivity contribution in [3.8, 4) is 0 Å². The Kier molecular flexibility index (Phi) is 6.41. The predicted octanol–water partition coefficient (Wildman–Crippen LogP) is 7.74. The number of hydrogen-bond donors (Lipinski definition) is 0. The first-order valence-corrected chi connectivity index (χ1v) is 9.91. The molecule has 0 saturated heterocycles. The topological polar surface area (TPSA) is 0 Å². The summed E-state index contributed by atoms with van der Waals surface area (Å²) in [5.41, 5.74) is 3.39. The first-order chi connectivity index (χ1) is 13.0. The SMILES string of the molecule is CCCC1CCC(c2ccc(C=C(C)c3cc(F)c(F)c(F)c3)cc2)CC1. The second-order valence-electron chi connectivity index (χ2n) is 7.75. The number of rotatable bonds is 5. The predicted molar refractivity (Wildman–Crippen MR) is 106 cm³/mol. The standard InChI is InChI=1S/C24H27F3/c1-3-4-17-5-9-19(10-6-17)20-11-7-18(8-12-20)13-16(2)21-14-22(25)24(27)23(26)15-21/h7-8,11-15,17,19H,3-6,9-10H2,1-2H3. The van der Waals surface area contributed by atoms with Crippen molar-refractivity contribution in [2.75, 3.05) is 0 Å². The van der Waals surface area contributed by atoms with Crippen LogP contribution in [-0.4, -0.2) is 0 Å². The van der Waals surface area contributed by atoms with Crippen LogP contribution in [0.15, 0.2) is 36.4 Å². The molecule has 1 fully saturated rings. The molecule has 0 N–H and O–H groups in total. The van der Waals surface area contributed by atoms with Crippen LogP contribution in [-0.2, 0) is 0 Å². The van der Waals surface area contributed by atoms with Gasteiger partial charge in [-0.2, -0.15) is 0 Å². The molecule has 144 valence electrons. The Morgan fingerprint density at radius 3 is 2.11 bits per heavy atom. The third kappa shape index (κ3) is 4.82. The summed E-state index contributed by atoms with van der Waals surface area (Å²) in [5.74, 6) is -2.21. The lowest BCUT2D eigenvalue weighted by molar-refractivity contribution is 0.308. The van der Waals surface area contributed by atoms with E-state index >= 15 is 0 Å². The minimum Gasteiger partial charge on any atom is -0.204 e. The van der Waals surface area contributed by atoms with Gasteiger partial charge in [0, 0.05) is 0 Å². The van der Waals surface area contributed by atoms with E-state index in [0.717, 1.165) is 23.6 Å². The number of hydrogen-bond acceptors (Lipinski definition) is 0. The van der Waals surface area contributed by atoms with Crippen molar-refractivity contribution in [1.82, 2.24) is 0 Å². The highest BCUT2D eigenvalue weighted by molar-refractivity contribution is 5.80. The van der Waals surface area contributed by atoms with Crippen LogP contribution in [0.1, 0.15) is 75.0 Å². The molecule has 0 aromatic heterocycles. The van der Waals surface area contributed by atoms with Gasteiger partial charge in [0.2, 0.25) is 0 Å². The Morgan fingerprint density at radius 2 is 1.56 bits per heavy atom. The molecule has 3 rings (SSSR count).